The lowest BCUT2D eigenvalue weighted by molar-refractivity contribution is -0.125. The normalized spacial score (nSPS) is 32.4. The Morgan fingerprint density at radius 2 is 1.71 bits per heavy atom. The Morgan fingerprint density at radius 3 is 2.48 bits per heavy atom. The van der Waals surface area contributed by atoms with Gasteiger partial charge in [-0.2, -0.15) is 0 Å². The van der Waals surface area contributed by atoms with Crippen LogP contribution >= 0.6 is 0 Å². The number of carbonyl (C=O) groups excluding carboxylic acids is 1. The van der Waals surface area contributed by atoms with Gasteiger partial charge in [0.05, 0.1) is 0 Å². The van der Waals surface area contributed by atoms with Crippen LogP contribution in [0.25, 0.3) is 0 Å². The quantitative estimate of drug-likeness (QED) is 0.727. The number of benzene rings is 1. The van der Waals surface area contributed by atoms with E-state index in [1.807, 2.05) is 0 Å². The molecule has 0 N–H and O–H groups in total. The zero-order valence-electron chi connectivity index (χ0n) is 13.3. The van der Waals surface area contributed by atoms with Crippen LogP contribution in [0.15, 0.2) is 30.3 Å². The molecule has 1 aromatic carbocycles. The van der Waals surface area contributed by atoms with Gasteiger partial charge in [-0.25, -0.2) is 0 Å². The lowest BCUT2D eigenvalue weighted by Gasteiger charge is -2.42. The standard InChI is InChI=1S/C20H28O/c1-2-6-20(21)19-12-11-17-13-16(9-10-18(17)14-19)15-7-4-3-5-8-15/h3-5,7-8,16-19H,2,6,9-14H2,1H3/t16-,17-,18+,19+/m1/s1. The first-order valence-electron chi connectivity index (χ1n) is 8.85. The fraction of sp³-hybridized carbons (Fsp3) is 0.650. The Bertz CT molecular complexity index is 464. The molecule has 21 heavy (non-hydrogen) atoms. The van der Waals surface area contributed by atoms with Crippen molar-refractivity contribution in [3.8, 4) is 0 Å². The molecule has 0 saturated heterocycles. The lowest BCUT2D eigenvalue weighted by Crippen LogP contribution is -2.33. The van der Waals surface area contributed by atoms with Crippen molar-refractivity contribution < 1.29 is 4.79 Å². The number of rotatable bonds is 4. The first kappa shape index (κ1) is 14.8. The third-order valence-corrected chi connectivity index (χ3v) is 5.84. The second-order valence-electron chi connectivity index (χ2n) is 7.17. The molecular weight excluding hydrogens is 256 g/mol. The summed E-state index contributed by atoms with van der Waals surface area (Å²) in [6.07, 6.45) is 9.44. The summed E-state index contributed by atoms with van der Waals surface area (Å²) >= 11 is 0. The molecule has 114 valence electrons. The second kappa shape index (κ2) is 6.77. The molecule has 1 nitrogen and oxygen atoms in total. The van der Waals surface area contributed by atoms with Gasteiger partial charge >= 0.3 is 0 Å². The summed E-state index contributed by atoms with van der Waals surface area (Å²) in [6.45, 7) is 2.12. The van der Waals surface area contributed by atoms with Crippen LogP contribution in [-0.2, 0) is 4.79 Å². The van der Waals surface area contributed by atoms with Crippen molar-refractivity contribution in [2.24, 2.45) is 17.8 Å². The van der Waals surface area contributed by atoms with Gasteiger partial charge in [0, 0.05) is 12.3 Å². The topological polar surface area (TPSA) is 17.1 Å². The molecule has 2 saturated carbocycles. The van der Waals surface area contributed by atoms with Crippen molar-refractivity contribution in [2.45, 2.75) is 64.2 Å². The largest absolute Gasteiger partial charge is 0.299 e. The SMILES string of the molecule is CCCC(=O)[C@H]1CC[C@@H]2C[C@H](c3ccccc3)CC[C@H]2C1. The summed E-state index contributed by atoms with van der Waals surface area (Å²) < 4.78 is 0. The van der Waals surface area contributed by atoms with Gasteiger partial charge in [0.25, 0.3) is 0 Å². The highest BCUT2D eigenvalue weighted by Gasteiger charge is 2.37. The molecule has 0 aromatic heterocycles. The Labute approximate surface area is 129 Å². The number of ketones is 1. The van der Waals surface area contributed by atoms with E-state index in [9.17, 15) is 4.79 Å². The van der Waals surface area contributed by atoms with Crippen LogP contribution in [0.1, 0.15) is 69.8 Å². The number of Topliss-reactive ketones (excluding diaryl/α,β-unsaturated/α-hetero) is 1. The summed E-state index contributed by atoms with van der Waals surface area (Å²) in [5.41, 5.74) is 1.53. The van der Waals surface area contributed by atoms with Crippen molar-refractivity contribution in [1.82, 2.24) is 0 Å². The number of hydrogen-bond acceptors (Lipinski definition) is 1. The Balaban J connectivity index is 1.59. The smallest absolute Gasteiger partial charge is 0.135 e. The maximum absolute atomic E-state index is 12.2. The van der Waals surface area contributed by atoms with E-state index in [2.05, 4.69) is 37.3 Å². The molecule has 4 atom stereocenters. The summed E-state index contributed by atoms with van der Waals surface area (Å²) in [6, 6.07) is 11.0. The monoisotopic (exact) mass is 284 g/mol. The minimum atomic E-state index is 0.388. The highest BCUT2D eigenvalue weighted by atomic mass is 16.1. The van der Waals surface area contributed by atoms with E-state index in [4.69, 9.17) is 0 Å². The summed E-state index contributed by atoms with van der Waals surface area (Å²) in [5.74, 6) is 3.38. The molecule has 0 aliphatic heterocycles. The van der Waals surface area contributed by atoms with E-state index in [-0.39, 0.29) is 0 Å². The van der Waals surface area contributed by atoms with E-state index in [1.54, 1.807) is 0 Å². The van der Waals surface area contributed by atoms with E-state index >= 15 is 0 Å². The Hall–Kier alpha value is -1.11. The Morgan fingerprint density at radius 1 is 1.00 bits per heavy atom. The van der Waals surface area contributed by atoms with Crippen molar-refractivity contribution in [1.29, 1.82) is 0 Å². The molecule has 2 fully saturated rings. The third-order valence-electron chi connectivity index (χ3n) is 5.84. The molecule has 0 spiro atoms. The van der Waals surface area contributed by atoms with Crippen LogP contribution in [0.4, 0.5) is 0 Å². The number of fused-ring (bicyclic) bond motifs is 1. The molecule has 0 amide bonds. The van der Waals surface area contributed by atoms with Gasteiger partial charge in [0.2, 0.25) is 0 Å². The number of hydrogen-bond donors (Lipinski definition) is 0. The van der Waals surface area contributed by atoms with Crippen LogP contribution < -0.4 is 0 Å². The lowest BCUT2D eigenvalue weighted by atomic mass is 9.63. The van der Waals surface area contributed by atoms with Gasteiger partial charge < -0.3 is 0 Å². The third kappa shape index (κ3) is 3.39. The van der Waals surface area contributed by atoms with Gasteiger partial charge in [-0.3, -0.25) is 4.79 Å². The minimum absolute atomic E-state index is 0.388. The summed E-state index contributed by atoms with van der Waals surface area (Å²) in [4.78, 5) is 12.2. The van der Waals surface area contributed by atoms with E-state index < -0.39 is 0 Å². The van der Waals surface area contributed by atoms with Gasteiger partial charge in [0.15, 0.2) is 0 Å². The van der Waals surface area contributed by atoms with Crippen LogP contribution in [-0.4, -0.2) is 5.78 Å². The molecule has 0 heterocycles. The molecule has 0 unspecified atom stereocenters. The van der Waals surface area contributed by atoms with Crippen molar-refractivity contribution in [3.63, 3.8) is 0 Å². The zero-order chi connectivity index (χ0) is 14.7. The Kier molecular flexibility index (Phi) is 4.77. The van der Waals surface area contributed by atoms with Gasteiger partial charge in [-0.1, -0.05) is 37.3 Å². The van der Waals surface area contributed by atoms with E-state index in [1.165, 1.54) is 37.7 Å². The maximum Gasteiger partial charge on any atom is 0.135 e. The second-order valence-corrected chi connectivity index (χ2v) is 7.17. The molecule has 1 heteroatoms. The van der Waals surface area contributed by atoms with Crippen molar-refractivity contribution in [2.75, 3.05) is 0 Å². The van der Waals surface area contributed by atoms with Crippen LogP contribution in [0, 0.1) is 17.8 Å². The predicted octanol–water partition coefficient (Wildman–Crippen LogP) is 5.36. The number of carbonyl (C=O) groups is 1. The van der Waals surface area contributed by atoms with Gasteiger partial charge in [0.1, 0.15) is 5.78 Å². The fourth-order valence-electron chi connectivity index (χ4n) is 4.66. The van der Waals surface area contributed by atoms with Crippen LogP contribution in [0.3, 0.4) is 0 Å². The zero-order valence-corrected chi connectivity index (χ0v) is 13.3. The highest BCUT2D eigenvalue weighted by molar-refractivity contribution is 5.81. The van der Waals surface area contributed by atoms with Gasteiger partial charge in [-0.15, -0.1) is 0 Å². The first-order valence-corrected chi connectivity index (χ1v) is 8.85. The van der Waals surface area contributed by atoms with Crippen molar-refractivity contribution in [3.05, 3.63) is 35.9 Å². The molecule has 3 rings (SSSR count). The highest BCUT2D eigenvalue weighted by Crippen LogP contribution is 2.47. The molecular formula is C20H28O. The van der Waals surface area contributed by atoms with E-state index in [0.717, 1.165) is 37.0 Å². The first-order chi connectivity index (χ1) is 10.3. The minimum Gasteiger partial charge on any atom is -0.299 e. The average Bonchev–Trinajstić information content (AvgIpc) is 2.55. The maximum atomic E-state index is 12.2. The molecule has 1 aromatic rings. The fourth-order valence-corrected chi connectivity index (χ4v) is 4.66. The van der Waals surface area contributed by atoms with Gasteiger partial charge in [-0.05, 0) is 68.3 Å². The average molecular weight is 284 g/mol. The molecule has 2 aliphatic carbocycles. The van der Waals surface area contributed by atoms with Crippen LogP contribution in [0.5, 0.6) is 0 Å². The van der Waals surface area contributed by atoms with E-state index in [0.29, 0.717) is 11.7 Å². The van der Waals surface area contributed by atoms with Crippen LogP contribution in [0.2, 0.25) is 0 Å². The molecule has 2 aliphatic rings. The summed E-state index contributed by atoms with van der Waals surface area (Å²) in [5, 5.41) is 0. The molecule has 0 radical (unpaired) electrons. The summed E-state index contributed by atoms with van der Waals surface area (Å²) in [7, 11) is 0. The molecule has 0 bridgehead atoms. The predicted molar refractivity (Wildman–Crippen MR) is 87.3 cm³/mol. The van der Waals surface area contributed by atoms with Crippen molar-refractivity contribution >= 4 is 5.78 Å².